The normalized spacial score (nSPS) is 14.2. The zero-order chi connectivity index (χ0) is 18.6. The molecule has 2 atom stereocenters. The Morgan fingerprint density at radius 1 is 0.800 bits per heavy atom. The molecule has 0 bridgehead atoms. The second-order valence-corrected chi connectivity index (χ2v) is 7.35. The Labute approximate surface area is 156 Å². The lowest BCUT2D eigenvalue weighted by Crippen LogP contribution is -2.22. The smallest absolute Gasteiger partial charge is 0.100 e. The van der Waals surface area contributed by atoms with E-state index >= 15 is 0 Å². The van der Waals surface area contributed by atoms with Crippen molar-refractivity contribution < 1.29 is 14.9 Å². The first-order valence-electron chi connectivity index (χ1n) is 10.8. The summed E-state index contributed by atoms with van der Waals surface area (Å²) in [6, 6.07) is 0. The summed E-state index contributed by atoms with van der Waals surface area (Å²) in [5.74, 6) is 0. The average molecular weight is 357 g/mol. The van der Waals surface area contributed by atoms with Gasteiger partial charge in [0.2, 0.25) is 0 Å². The van der Waals surface area contributed by atoms with Gasteiger partial charge in [0.15, 0.2) is 0 Å². The van der Waals surface area contributed by atoms with Gasteiger partial charge in [-0.3, -0.25) is 0 Å². The fraction of sp³-hybridized carbons (Fsp3) is 0.909. The van der Waals surface area contributed by atoms with Crippen molar-refractivity contribution >= 4 is 0 Å². The van der Waals surface area contributed by atoms with Crippen LogP contribution in [0.15, 0.2) is 12.2 Å². The Bertz CT molecular complexity index is 278. The van der Waals surface area contributed by atoms with Crippen LogP contribution in [-0.2, 0) is 4.74 Å². The predicted octanol–water partition coefficient (Wildman–Crippen LogP) is 5.78. The minimum Gasteiger partial charge on any atom is -0.394 e. The minimum absolute atomic E-state index is 0.172. The number of hydrogen-bond acceptors (Lipinski definition) is 3. The van der Waals surface area contributed by atoms with E-state index in [0.29, 0.717) is 0 Å². The zero-order valence-corrected chi connectivity index (χ0v) is 16.9. The van der Waals surface area contributed by atoms with Gasteiger partial charge in [-0.25, -0.2) is 0 Å². The second-order valence-electron chi connectivity index (χ2n) is 7.35. The summed E-state index contributed by atoms with van der Waals surface area (Å²) in [6.45, 7) is 4.33. The number of unbranched alkanes of at least 4 members (excludes halogenated alkanes) is 11. The van der Waals surface area contributed by atoms with Crippen molar-refractivity contribution in [1.29, 1.82) is 0 Å². The molecule has 0 aliphatic heterocycles. The lowest BCUT2D eigenvalue weighted by molar-refractivity contribution is -0.0254. The first-order valence-corrected chi connectivity index (χ1v) is 10.8. The number of hydrogen-bond donors (Lipinski definition) is 2. The van der Waals surface area contributed by atoms with Crippen LogP contribution in [-0.4, -0.2) is 35.6 Å². The van der Waals surface area contributed by atoms with Gasteiger partial charge in [-0.05, 0) is 39.0 Å². The van der Waals surface area contributed by atoms with E-state index in [0.717, 1.165) is 6.42 Å². The maximum Gasteiger partial charge on any atom is 0.100 e. The van der Waals surface area contributed by atoms with Crippen molar-refractivity contribution in [3.05, 3.63) is 12.2 Å². The summed E-state index contributed by atoms with van der Waals surface area (Å²) in [5.41, 5.74) is 0. The third-order valence-electron chi connectivity index (χ3n) is 4.66. The standard InChI is InChI=1S/C22H44O3/c1-3-4-5-6-7-8-9-10-11-12-13-14-15-16-17-18-21(2)25-20-22(24)19-23/h10-11,21-24H,3-9,12-20H2,1-2H3/b11-10-. The number of aliphatic hydroxyl groups excluding tert-OH is 2. The van der Waals surface area contributed by atoms with Crippen molar-refractivity contribution in [2.75, 3.05) is 13.2 Å². The van der Waals surface area contributed by atoms with Crippen molar-refractivity contribution in [3.63, 3.8) is 0 Å². The van der Waals surface area contributed by atoms with Crippen LogP contribution in [0.3, 0.4) is 0 Å². The van der Waals surface area contributed by atoms with Gasteiger partial charge in [0, 0.05) is 0 Å². The highest BCUT2D eigenvalue weighted by Crippen LogP contribution is 2.11. The fourth-order valence-corrected chi connectivity index (χ4v) is 2.91. The molecule has 3 nitrogen and oxygen atoms in total. The largest absolute Gasteiger partial charge is 0.394 e. The highest BCUT2D eigenvalue weighted by Gasteiger charge is 2.06. The first kappa shape index (κ1) is 24.6. The Balaban J connectivity index is 3.21. The predicted molar refractivity (Wildman–Crippen MR) is 108 cm³/mol. The Hall–Kier alpha value is -0.380. The summed E-state index contributed by atoms with van der Waals surface area (Å²) < 4.78 is 5.49. The van der Waals surface area contributed by atoms with Gasteiger partial charge in [0.05, 0.1) is 19.3 Å². The molecule has 0 spiro atoms. The summed E-state index contributed by atoms with van der Waals surface area (Å²) in [6.07, 6.45) is 22.4. The summed E-state index contributed by atoms with van der Waals surface area (Å²) >= 11 is 0. The molecule has 0 saturated carbocycles. The van der Waals surface area contributed by atoms with Crippen LogP contribution in [0.25, 0.3) is 0 Å². The van der Waals surface area contributed by atoms with Crippen LogP contribution in [0.2, 0.25) is 0 Å². The molecule has 0 aromatic carbocycles. The second kappa shape index (κ2) is 19.9. The Morgan fingerprint density at radius 2 is 1.32 bits per heavy atom. The van der Waals surface area contributed by atoms with E-state index in [4.69, 9.17) is 9.84 Å². The maximum absolute atomic E-state index is 9.23. The summed E-state index contributed by atoms with van der Waals surface area (Å²) in [4.78, 5) is 0. The molecule has 0 radical (unpaired) electrons. The van der Waals surface area contributed by atoms with E-state index in [1.807, 2.05) is 6.92 Å². The van der Waals surface area contributed by atoms with Gasteiger partial charge in [-0.2, -0.15) is 0 Å². The van der Waals surface area contributed by atoms with E-state index in [1.165, 1.54) is 83.5 Å². The van der Waals surface area contributed by atoms with E-state index in [-0.39, 0.29) is 19.3 Å². The molecule has 0 saturated heterocycles. The van der Waals surface area contributed by atoms with Crippen LogP contribution in [0, 0.1) is 0 Å². The van der Waals surface area contributed by atoms with Crippen molar-refractivity contribution in [3.8, 4) is 0 Å². The fourth-order valence-electron chi connectivity index (χ4n) is 2.91. The number of ether oxygens (including phenoxy) is 1. The molecule has 150 valence electrons. The van der Waals surface area contributed by atoms with E-state index in [2.05, 4.69) is 19.1 Å². The number of rotatable bonds is 19. The van der Waals surface area contributed by atoms with Gasteiger partial charge in [-0.1, -0.05) is 76.9 Å². The van der Waals surface area contributed by atoms with Crippen molar-refractivity contribution in [2.24, 2.45) is 0 Å². The van der Waals surface area contributed by atoms with E-state index in [9.17, 15) is 5.11 Å². The van der Waals surface area contributed by atoms with E-state index in [1.54, 1.807) is 0 Å². The SMILES string of the molecule is CCCCCCCC/C=C\CCCCCCCC(C)OCC(O)CO. The number of allylic oxidation sites excluding steroid dienone is 2. The zero-order valence-electron chi connectivity index (χ0n) is 16.9. The summed E-state index contributed by atoms with van der Waals surface area (Å²) in [5, 5.41) is 18.0. The van der Waals surface area contributed by atoms with Crippen LogP contribution in [0.1, 0.15) is 104 Å². The van der Waals surface area contributed by atoms with Crippen LogP contribution in [0.4, 0.5) is 0 Å². The van der Waals surface area contributed by atoms with Gasteiger partial charge < -0.3 is 14.9 Å². The average Bonchev–Trinajstić information content (AvgIpc) is 2.62. The van der Waals surface area contributed by atoms with Gasteiger partial charge in [0.25, 0.3) is 0 Å². The van der Waals surface area contributed by atoms with E-state index < -0.39 is 6.10 Å². The highest BCUT2D eigenvalue weighted by molar-refractivity contribution is 4.81. The molecule has 2 N–H and O–H groups in total. The Morgan fingerprint density at radius 3 is 1.88 bits per heavy atom. The topological polar surface area (TPSA) is 49.7 Å². The lowest BCUT2D eigenvalue weighted by Gasteiger charge is -2.15. The number of aliphatic hydroxyl groups is 2. The molecule has 0 aliphatic rings. The van der Waals surface area contributed by atoms with Crippen LogP contribution >= 0.6 is 0 Å². The molecule has 0 amide bonds. The lowest BCUT2D eigenvalue weighted by atomic mass is 10.1. The van der Waals surface area contributed by atoms with Crippen molar-refractivity contribution in [2.45, 2.75) is 116 Å². The van der Waals surface area contributed by atoms with Crippen LogP contribution in [0.5, 0.6) is 0 Å². The molecule has 3 heteroatoms. The third kappa shape index (κ3) is 19.8. The highest BCUT2D eigenvalue weighted by atomic mass is 16.5. The molecule has 2 unspecified atom stereocenters. The molecule has 0 rings (SSSR count). The quantitative estimate of drug-likeness (QED) is 0.228. The molecule has 0 heterocycles. The molecule has 0 fully saturated rings. The monoisotopic (exact) mass is 356 g/mol. The molecule has 0 aromatic heterocycles. The molecular weight excluding hydrogens is 312 g/mol. The maximum atomic E-state index is 9.23. The van der Waals surface area contributed by atoms with Gasteiger partial charge in [-0.15, -0.1) is 0 Å². The van der Waals surface area contributed by atoms with Crippen molar-refractivity contribution in [1.82, 2.24) is 0 Å². The van der Waals surface area contributed by atoms with Gasteiger partial charge in [0.1, 0.15) is 6.10 Å². The molecule has 25 heavy (non-hydrogen) atoms. The third-order valence-corrected chi connectivity index (χ3v) is 4.66. The summed E-state index contributed by atoms with van der Waals surface area (Å²) in [7, 11) is 0. The minimum atomic E-state index is -0.739. The molecule has 0 aliphatic carbocycles. The van der Waals surface area contributed by atoms with Gasteiger partial charge >= 0.3 is 0 Å². The molecule has 0 aromatic rings. The Kier molecular flexibility index (Phi) is 19.6. The molecular formula is C22H44O3. The van der Waals surface area contributed by atoms with Crippen LogP contribution < -0.4 is 0 Å². The first-order chi connectivity index (χ1) is 12.2.